The van der Waals surface area contributed by atoms with Crippen LogP contribution < -0.4 is 11.1 Å². The third-order valence-corrected chi connectivity index (χ3v) is 5.02. The second-order valence-electron chi connectivity index (χ2n) is 6.48. The number of nitrogens with one attached hydrogen (secondary N) is 1. The number of rotatable bonds is 9. The van der Waals surface area contributed by atoms with Gasteiger partial charge in [0.2, 0.25) is 0 Å². The molecule has 1 aliphatic rings. The second-order valence-corrected chi connectivity index (χ2v) is 6.89. The molecule has 28 heavy (non-hydrogen) atoms. The monoisotopic (exact) mass is 408 g/mol. The number of halogens is 1. The Bertz CT molecular complexity index is 761. The van der Waals surface area contributed by atoms with Crippen molar-refractivity contribution in [3.63, 3.8) is 0 Å². The third-order valence-electron chi connectivity index (χ3n) is 4.68. The summed E-state index contributed by atoms with van der Waals surface area (Å²) in [6.07, 6.45) is -0.261. The topological polar surface area (TPSA) is 82.8 Å². The molecular weight excluding hydrogens is 380 g/mol. The van der Waals surface area contributed by atoms with Crippen LogP contribution in [0.15, 0.2) is 46.8 Å². The molecule has 1 aromatic carbocycles. The molecule has 154 valence electrons. The van der Waals surface area contributed by atoms with Crippen molar-refractivity contribution in [2.75, 3.05) is 33.5 Å². The van der Waals surface area contributed by atoms with Gasteiger partial charge in [-0.1, -0.05) is 29.8 Å². The lowest BCUT2D eigenvalue weighted by atomic mass is 9.78. The smallest absolute Gasteiger partial charge is 0.336 e. The van der Waals surface area contributed by atoms with Gasteiger partial charge in [-0.2, -0.15) is 0 Å². The molecule has 3 N–H and O–H groups in total. The van der Waals surface area contributed by atoms with Crippen LogP contribution in [0.5, 0.6) is 0 Å². The summed E-state index contributed by atoms with van der Waals surface area (Å²) < 4.78 is 16.7. The van der Waals surface area contributed by atoms with Crippen LogP contribution in [-0.2, 0) is 19.0 Å². The van der Waals surface area contributed by atoms with Crippen LogP contribution in [0.2, 0.25) is 5.02 Å². The van der Waals surface area contributed by atoms with Crippen LogP contribution in [0.4, 0.5) is 0 Å². The third kappa shape index (κ3) is 4.94. The Morgan fingerprint density at radius 3 is 2.68 bits per heavy atom. The number of nitrogens with two attached hydrogens (primary N) is 1. The fourth-order valence-corrected chi connectivity index (χ4v) is 3.77. The Morgan fingerprint density at radius 1 is 1.36 bits per heavy atom. The molecule has 0 radical (unpaired) electrons. The second kappa shape index (κ2) is 10.6. The zero-order valence-corrected chi connectivity index (χ0v) is 17.6. The van der Waals surface area contributed by atoms with E-state index in [2.05, 4.69) is 5.32 Å². The minimum Gasteiger partial charge on any atom is -0.466 e. The quantitative estimate of drug-likeness (QED) is 0.482. The van der Waals surface area contributed by atoms with Crippen molar-refractivity contribution in [2.45, 2.75) is 32.8 Å². The summed E-state index contributed by atoms with van der Waals surface area (Å²) in [6.45, 7) is 7.48. The van der Waals surface area contributed by atoms with Crippen LogP contribution >= 0.6 is 11.6 Å². The molecule has 1 heterocycles. The predicted molar refractivity (Wildman–Crippen MR) is 110 cm³/mol. The van der Waals surface area contributed by atoms with Gasteiger partial charge in [0.25, 0.3) is 0 Å². The highest BCUT2D eigenvalue weighted by molar-refractivity contribution is 6.31. The van der Waals surface area contributed by atoms with E-state index in [1.165, 1.54) is 7.11 Å². The molecule has 0 fully saturated rings. The van der Waals surface area contributed by atoms with Crippen LogP contribution in [0, 0.1) is 0 Å². The molecule has 6 nitrogen and oxygen atoms in total. The van der Waals surface area contributed by atoms with Gasteiger partial charge < -0.3 is 25.3 Å². The van der Waals surface area contributed by atoms with E-state index in [0.29, 0.717) is 42.7 Å². The maximum Gasteiger partial charge on any atom is 0.336 e. The van der Waals surface area contributed by atoms with Gasteiger partial charge in [0.15, 0.2) is 0 Å². The van der Waals surface area contributed by atoms with Crippen molar-refractivity contribution < 1.29 is 19.0 Å². The van der Waals surface area contributed by atoms with E-state index < -0.39 is 11.9 Å². The van der Waals surface area contributed by atoms with Crippen molar-refractivity contribution in [1.82, 2.24) is 5.32 Å². The maximum atomic E-state index is 12.7. The lowest BCUT2D eigenvalue weighted by Gasteiger charge is -2.35. The van der Waals surface area contributed by atoms with E-state index in [9.17, 15) is 4.79 Å². The zero-order valence-electron chi connectivity index (χ0n) is 16.9. The Kier molecular flexibility index (Phi) is 8.51. The molecule has 0 saturated heterocycles. The number of ether oxygens (including phenoxy) is 3. The predicted octanol–water partition coefficient (Wildman–Crippen LogP) is 3.13. The van der Waals surface area contributed by atoms with Crippen LogP contribution in [0.25, 0.3) is 0 Å². The Hall–Kier alpha value is -1.86. The van der Waals surface area contributed by atoms with Gasteiger partial charge >= 0.3 is 5.97 Å². The van der Waals surface area contributed by atoms with Crippen molar-refractivity contribution in [3.8, 4) is 0 Å². The highest BCUT2D eigenvalue weighted by Crippen LogP contribution is 2.43. The standard InChI is InChI=1S/C21H29ClN2O4/c1-5-28-14(3)19-17(12-27-11-10-23)24-13(2)18(21(25)26-4)20(19)15-8-6-7-9-16(15)22/h6-9,14,20,24H,5,10-12,23H2,1-4H3. The summed E-state index contributed by atoms with van der Waals surface area (Å²) in [6, 6.07) is 7.51. The summed E-state index contributed by atoms with van der Waals surface area (Å²) in [5.74, 6) is -0.807. The normalized spacial score (nSPS) is 18.1. The van der Waals surface area contributed by atoms with Crippen molar-refractivity contribution in [3.05, 3.63) is 57.4 Å². The number of hydrogen-bond acceptors (Lipinski definition) is 6. The van der Waals surface area contributed by atoms with Gasteiger partial charge in [-0.05, 0) is 38.0 Å². The lowest BCUT2D eigenvalue weighted by molar-refractivity contribution is -0.136. The van der Waals surface area contributed by atoms with E-state index in [-0.39, 0.29) is 6.10 Å². The largest absolute Gasteiger partial charge is 0.466 e. The Morgan fingerprint density at radius 2 is 2.07 bits per heavy atom. The zero-order chi connectivity index (χ0) is 20.7. The summed E-state index contributed by atoms with van der Waals surface area (Å²) in [5.41, 5.74) is 9.35. The molecule has 0 aromatic heterocycles. The number of hydrogen-bond donors (Lipinski definition) is 2. The minimum absolute atomic E-state index is 0.261. The number of dihydropyridines is 1. The van der Waals surface area contributed by atoms with Gasteiger partial charge in [0.05, 0.1) is 32.0 Å². The molecule has 0 spiro atoms. The average Bonchev–Trinajstić information content (AvgIpc) is 2.67. The first-order valence-corrected chi connectivity index (χ1v) is 9.76. The molecular formula is C21H29ClN2O4. The fourth-order valence-electron chi connectivity index (χ4n) is 3.52. The van der Waals surface area contributed by atoms with Gasteiger partial charge in [-0.3, -0.25) is 0 Å². The van der Waals surface area contributed by atoms with Crippen molar-refractivity contribution in [1.29, 1.82) is 0 Å². The maximum absolute atomic E-state index is 12.7. The van der Waals surface area contributed by atoms with Crippen LogP contribution in [0.1, 0.15) is 32.3 Å². The number of benzene rings is 1. The number of carbonyl (C=O) groups excluding carboxylic acids is 1. The van der Waals surface area contributed by atoms with Crippen LogP contribution in [-0.4, -0.2) is 45.5 Å². The number of esters is 1. The summed E-state index contributed by atoms with van der Waals surface area (Å²) in [4.78, 5) is 12.7. The van der Waals surface area contributed by atoms with E-state index in [1.807, 2.05) is 45.0 Å². The number of carbonyl (C=O) groups is 1. The molecule has 0 bridgehead atoms. The lowest BCUT2D eigenvalue weighted by Crippen LogP contribution is -2.35. The van der Waals surface area contributed by atoms with Crippen LogP contribution in [0.3, 0.4) is 0 Å². The Labute approximate surface area is 171 Å². The van der Waals surface area contributed by atoms with Gasteiger partial charge in [-0.15, -0.1) is 0 Å². The van der Waals surface area contributed by atoms with Crippen molar-refractivity contribution >= 4 is 17.6 Å². The first-order valence-electron chi connectivity index (χ1n) is 9.39. The average molecular weight is 409 g/mol. The van der Waals surface area contributed by atoms with E-state index in [4.69, 9.17) is 31.5 Å². The van der Waals surface area contributed by atoms with Crippen molar-refractivity contribution in [2.24, 2.45) is 5.73 Å². The fraction of sp³-hybridized carbons (Fsp3) is 0.476. The van der Waals surface area contributed by atoms with Gasteiger partial charge in [0.1, 0.15) is 0 Å². The Balaban J connectivity index is 2.66. The minimum atomic E-state index is -0.405. The summed E-state index contributed by atoms with van der Waals surface area (Å²) in [7, 11) is 1.38. The summed E-state index contributed by atoms with van der Waals surface area (Å²) >= 11 is 6.53. The van der Waals surface area contributed by atoms with Gasteiger partial charge in [0, 0.05) is 35.5 Å². The first-order chi connectivity index (χ1) is 13.5. The molecule has 7 heteroatoms. The molecule has 2 rings (SSSR count). The molecule has 0 amide bonds. The molecule has 2 atom stereocenters. The number of methoxy groups -OCH3 is 1. The summed E-state index contributed by atoms with van der Waals surface area (Å²) in [5, 5.41) is 3.89. The highest BCUT2D eigenvalue weighted by atomic mass is 35.5. The highest BCUT2D eigenvalue weighted by Gasteiger charge is 2.38. The number of allylic oxidation sites excluding steroid dienone is 1. The molecule has 2 unspecified atom stereocenters. The van der Waals surface area contributed by atoms with E-state index in [0.717, 1.165) is 16.8 Å². The molecule has 0 saturated carbocycles. The SMILES string of the molecule is CCOC(C)C1=C(COCCN)NC(C)=C(C(=O)OC)C1c1ccccc1Cl. The van der Waals surface area contributed by atoms with E-state index >= 15 is 0 Å². The molecule has 0 aliphatic carbocycles. The van der Waals surface area contributed by atoms with E-state index in [1.54, 1.807) is 0 Å². The molecule has 1 aliphatic heterocycles. The molecule has 1 aromatic rings. The van der Waals surface area contributed by atoms with Gasteiger partial charge in [-0.25, -0.2) is 4.79 Å². The first kappa shape index (κ1) is 22.4.